The lowest BCUT2D eigenvalue weighted by atomic mass is 10.0. The Balaban J connectivity index is 1.46. The number of hydrogen-bond donors (Lipinski definition) is 0. The second-order valence-corrected chi connectivity index (χ2v) is 10.3. The maximum Gasteiger partial charge on any atom is 0.433 e. The molecule has 0 radical (unpaired) electrons. The van der Waals surface area contributed by atoms with E-state index in [4.69, 9.17) is 0 Å². The summed E-state index contributed by atoms with van der Waals surface area (Å²) in [5, 5.41) is 0. The van der Waals surface area contributed by atoms with Crippen molar-refractivity contribution in [3.05, 3.63) is 18.1 Å². The smallest absolute Gasteiger partial charge is 0.350 e. The summed E-state index contributed by atoms with van der Waals surface area (Å²) >= 11 is 0. The number of anilines is 1. The Labute approximate surface area is 175 Å². The number of halogens is 3. The molecule has 3 aliphatic rings. The van der Waals surface area contributed by atoms with Crippen LogP contribution in [0.25, 0.3) is 0 Å². The van der Waals surface area contributed by atoms with Gasteiger partial charge in [0, 0.05) is 44.3 Å². The molecule has 0 spiro atoms. The standard InChI is InChI=1S/C19H28F3N5O2S/c20-19(21,22)17-13-18(24-14-23-17)27(15-5-6-15)16-7-11-26(12-8-16)30(28,29)25-9-3-1-2-4-10-25/h13-16H,1-12H2. The third-order valence-corrected chi connectivity index (χ3v) is 8.22. The molecule has 168 valence electrons. The van der Waals surface area contributed by atoms with Crippen LogP contribution in [0.2, 0.25) is 0 Å². The van der Waals surface area contributed by atoms with Crippen LogP contribution in [0.1, 0.15) is 57.1 Å². The van der Waals surface area contributed by atoms with Gasteiger partial charge in [-0.1, -0.05) is 12.8 Å². The minimum absolute atomic E-state index is 0.0240. The average Bonchev–Trinajstić information content (AvgIpc) is 3.55. The Hall–Kier alpha value is -1.46. The maximum absolute atomic E-state index is 13.1. The molecule has 30 heavy (non-hydrogen) atoms. The van der Waals surface area contributed by atoms with E-state index in [0.717, 1.165) is 50.9 Å². The highest BCUT2D eigenvalue weighted by Crippen LogP contribution is 2.37. The van der Waals surface area contributed by atoms with Gasteiger partial charge in [-0.15, -0.1) is 0 Å². The molecule has 2 aliphatic heterocycles. The Morgan fingerprint density at radius 3 is 2.00 bits per heavy atom. The number of hydrogen-bond acceptors (Lipinski definition) is 5. The van der Waals surface area contributed by atoms with Gasteiger partial charge in [0.05, 0.1) is 0 Å². The van der Waals surface area contributed by atoms with Crippen molar-refractivity contribution in [2.75, 3.05) is 31.1 Å². The van der Waals surface area contributed by atoms with Gasteiger partial charge in [0.2, 0.25) is 0 Å². The van der Waals surface area contributed by atoms with E-state index in [2.05, 4.69) is 9.97 Å². The SMILES string of the molecule is O=S(=O)(N1CCCCCC1)N1CCC(N(c2cc(C(F)(F)F)ncn2)C2CC2)CC1. The highest BCUT2D eigenvalue weighted by molar-refractivity contribution is 7.86. The third kappa shape index (κ3) is 4.72. The molecule has 0 bridgehead atoms. The first kappa shape index (κ1) is 21.8. The van der Waals surface area contributed by atoms with Gasteiger partial charge < -0.3 is 4.90 Å². The number of piperidine rings is 1. The van der Waals surface area contributed by atoms with Crippen molar-refractivity contribution >= 4 is 16.0 Å². The maximum atomic E-state index is 13.1. The number of aromatic nitrogens is 2. The van der Waals surface area contributed by atoms with Crippen LogP contribution < -0.4 is 4.90 Å². The van der Waals surface area contributed by atoms with E-state index in [1.807, 2.05) is 4.90 Å². The summed E-state index contributed by atoms with van der Waals surface area (Å²) in [6.07, 6.45) is 3.33. The molecule has 0 N–H and O–H groups in total. The molecule has 7 nitrogen and oxygen atoms in total. The lowest BCUT2D eigenvalue weighted by Gasteiger charge is -2.40. The van der Waals surface area contributed by atoms with Gasteiger partial charge in [-0.3, -0.25) is 0 Å². The minimum Gasteiger partial charge on any atom is -0.350 e. The Morgan fingerprint density at radius 1 is 0.867 bits per heavy atom. The van der Waals surface area contributed by atoms with Crippen LogP contribution in [0.15, 0.2) is 12.4 Å². The zero-order valence-electron chi connectivity index (χ0n) is 16.9. The van der Waals surface area contributed by atoms with Gasteiger partial charge in [0.15, 0.2) is 0 Å². The second kappa shape index (κ2) is 8.58. The molecular formula is C19H28F3N5O2S. The average molecular weight is 448 g/mol. The minimum atomic E-state index is -4.52. The summed E-state index contributed by atoms with van der Waals surface area (Å²) < 4.78 is 68.5. The summed E-state index contributed by atoms with van der Waals surface area (Å²) in [5.74, 6) is 0.286. The van der Waals surface area contributed by atoms with Crippen molar-refractivity contribution in [3.63, 3.8) is 0 Å². The summed E-state index contributed by atoms with van der Waals surface area (Å²) in [4.78, 5) is 9.45. The molecule has 0 unspecified atom stereocenters. The van der Waals surface area contributed by atoms with E-state index >= 15 is 0 Å². The third-order valence-electron chi connectivity index (χ3n) is 6.18. The number of alkyl halides is 3. The lowest BCUT2D eigenvalue weighted by Crippen LogP contribution is -2.51. The quantitative estimate of drug-likeness (QED) is 0.694. The van der Waals surface area contributed by atoms with E-state index in [1.165, 1.54) is 0 Å². The van der Waals surface area contributed by atoms with Crippen LogP contribution in [0.4, 0.5) is 19.0 Å². The van der Waals surface area contributed by atoms with Crippen molar-refractivity contribution in [3.8, 4) is 0 Å². The molecule has 1 aromatic heterocycles. The molecule has 11 heteroatoms. The fraction of sp³-hybridized carbons (Fsp3) is 0.789. The summed E-state index contributed by atoms with van der Waals surface area (Å²) in [5.41, 5.74) is -0.945. The van der Waals surface area contributed by atoms with Crippen molar-refractivity contribution < 1.29 is 21.6 Å². The van der Waals surface area contributed by atoms with Gasteiger partial charge in [0.25, 0.3) is 10.2 Å². The van der Waals surface area contributed by atoms with Crippen molar-refractivity contribution in [2.24, 2.45) is 0 Å². The molecule has 0 amide bonds. The molecule has 1 aromatic rings. The van der Waals surface area contributed by atoms with Crippen molar-refractivity contribution in [2.45, 2.75) is 69.6 Å². The van der Waals surface area contributed by atoms with Gasteiger partial charge in [0.1, 0.15) is 17.8 Å². The summed E-state index contributed by atoms with van der Waals surface area (Å²) in [6, 6.07) is 1.15. The molecule has 3 heterocycles. The fourth-order valence-corrected chi connectivity index (χ4v) is 6.17. The molecule has 4 rings (SSSR count). The Kier molecular flexibility index (Phi) is 6.23. The predicted molar refractivity (Wildman–Crippen MR) is 106 cm³/mol. The summed E-state index contributed by atoms with van der Waals surface area (Å²) in [7, 11) is -3.48. The largest absolute Gasteiger partial charge is 0.433 e. The fourth-order valence-electron chi connectivity index (χ4n) is 4.45. The van der Waals surface area contributed by atoms with E-state index < -0.39 is 22.1 Å². The first-order valence-electron chi connectivity index (χ1n) is 10.7. The van der Waals surface area contributed by atoms with Gasteiger partial charge >= 0.3 is 6.18 Å². The van der Waals surface area contributed by atoms with Crippen molar-refractivity contribution in [1.29, 1.82) is 0 Å². The zero-order valence-corrected chi connectivity index (χ0v) is 17.7. The van der Waals surface area contributed by atoms with Gasteiger partial charge in [-0.2, -0.15) is 30.2 Å². The normalized spacial score (nSPS) is 23.3. The Bertz CT molecular complexity index is 831. The van der Waals surface area contributed by atoms with Crippen LogP contribution in [0, 0.1) is 0 Å². The summed E-state index contributed by atoms with van der Waals surface area (Å²) in [6.45, 7) is 1.89. The predicted octanol–water partition coefficient (Wildman–Crippen LogP) is 3.05. The highest BCUT2D eigenvalue weighted by atomic mass is 32.2. The van der Waals surface area contributed by atoms with Crippen LogP contribution >= 0.6 is 0 Å². The first-order valence-corrected chi connectivity index (χ1v) is 12.1. The van der Waals surface area contributed by atoms with Crippen LogP contribution in [0.3, 0.4) is 0 Å². The van der Waals surface area contributed by atoms with E-state index in [0.29, 0.717) is 39.0 Å². The molecule has 1 saturated carbocycles. The molecule has 3 fully saturated rings. The number of nitrogens with zero attached hydrogens (tertiary/aromatic N) is 5. The van der Waals surface area contributed by atoms with Crippen LogP contribution in [-0.4, -0.2) is 65.3 Å². The zero-order chi connectivity index (χ0) is 21.4. The molecule has 0 atom stereocenters. The van der Waals surface area contributed by atoms with Crippen LogP contribution in [-0.2, 0) is 16.4 Å². The monoisotopic (exact) mass is 447 g/mol. The Morgan fingerprint density at radius 2 is 1.43 bits per heavy atom. The molecule has 0 aromatic carbocycles. The van der Waals surface area contributed by atoms with E-state index in [9.17, 15) is 21.6 Å². The highest BCUT2D eigenvalue weighted by Gasteiger charge is 2.41. The molecule has 1 aliphatic carbocycles. The first-order chi connectivity index (χ1) is 14.3. The lowest BCUT2D eigenvalue weighted by molar-refractivity contribution is -0.141. The van der Waals surface area contributed by atoms with Gasteiger partial charge in [-0.25, -0.2) is 9.97 Å². The van der Waals surface area contributed by atoms with E-state index in [-0.39, 0.29) is 17.9 Å². The number of rotatable bonds is 5. The second-order valence-electron chi connectivity index (χ2n) is 8.35. The topological polar surface area (TPSA) is 69.6 Å². The van der Waals surface area contributed by atoms with Crippen LogP contribution in [0.5, 0.6) is 0 Å². The van der Waals surface area contributed by atoms with Crippen molar-refractivity contribution in [1.82, 2.24) is 18.6 Å². The van der Waals surface area contributed by atoms with E-state index in [1.54, 1.807) is 8.61 Å². The van der Waals surface area contributed by atoms with Gasteiger partial charge in [-0.05, 0) is 38.5 Å². The molecule has 2 saturated heterocycles. The molecular weight excluding hydrogens is 419 g/mol.